The number of rotatable bonds is 4. The Kier molecular flexibility index (Phi) is 4.41. The zero-order valence-electron chi connectivity index (χ0n) is 10.1. The molecule has 1 heterocycles. The molecule has 1 rings (SSSR count). The molecule has 1 aromatic rings. The molecular formula is C11H18N2O2S. The van der Waals surface area contributed by atoms with Crippen molar-refractivity contribution in [3.8, 4) is 0 Å². The molecule has 16 heavy (non-hydrogen) atoms. The van der Waals surface area contributed by atoms with E-state index in [2.05, 4.69) is 23.1 Å². The van der Waals surface area contributed by atoms with Gasteiger partial charge in [-0.25, -0.2) is 0 Å². The first-order valence-electron chi connectivity index (χ1n) is 5.31. The molecule has 0 fully saturated rings. The number of carbonyl (C=O) groups is 1. The summed E-state index contributed by atoms with van der Waals surface area (Å²) in [5, 5.41) is 6.38. The molecule has 5 heteroatoms. The second kappa shape index (κ2) is 5.39. The van der Waals surface area contributed by atoms with Crippen LogP contribution in [0.4, 0.5) is 0 Å². The molecule has 0 aliphatic rings. The molecule has 1 atom stereocenters. The van der Waals surface area contributed by atoms with Crippen molar-refractivity contribution in [2.75, 3.05) is 0 Å². The zero-order valence-corrected chi connectivity index (χ0v) is 11.0. The highest BCUT2D eigenvalue weighted by molar-refractivity contribution is 7.81. The van der Waals surface area contributed by atoms with Crippen LogP contribution in [0.2, 0.25) is 0 Å². The minimum atomic E-state index is -0.277. The Balaban J connectivity index is 2.55. The molecule has 90 valence electrons. The lowest BCUT2D eigenvalue weighted by atomic mass is 10.1. The Bertz CT molecular complexity index is 355. The monoisotopic (exact) mass is 242 g/mol. The van der Waals surface area contributed by atoms with Gasteiger partial charge in [0.25, 0.3) is 0 Å². The van der Waals surface area contributed by atoms with Gasteiger partial charge in [0.15, 0.2) is 0 Å². The van der Waals surface area contributed by atoms with Crippen LogP contribution >= 0.6 is 12.6 Å². The van der Waals surface area contributed by atoms with Crippen LogP contribution in [0.25, 0.3) is 0 Å². The van der Waals surface area contributed by atoms with Crippen molar-refractivity contribution in [1.82, 2.24) is 10.5 Å². The summed E-state index contributed by atoms with van der Waals surface area (Å²) in [5.74, 6) is 0.907. The summed E-state index contributed by atoms with van der Waals surface area (Å²) in [6.45, 7) is 8.07. The molecule has 1 N–H and O–H groups in total. The van der Waals surface area contributed by atoms with E-state index in [0.717, 1.165) is 17.0 Å². The lowest BCUT2D eigenvalue weighted by molar-refractivity contribution is -0.121. The van der Waals surface area contributed by atoms with Crippen LogP contribution in [0.15, 0.2) is 4.52 Å². The van der Waals surface area contributed by atoms with Crippen molar-refractivity contribution < 1.29 is 9.32 Å². The van der Waals surface area contributed by atoms with Crippen LogP contribution in [-0.2, 0) is 11.3 Å². The predicted molar refractivity (Wildman–Crippen MR) is 65.4 cm³/mol. The van der Waals surface area contributed by atoms with Crippen molar-refractivity contribution in [2.45, 2.75) is 39.5 Å². The number of nitrogens with one attached hydrogen (secondary N) is 1. The SMILES string of the molecule is Cc1noc(C)c1CNC(=O)C(S)C(C)C. The highest BCUT2D eigenvalue weighted by Gasteiger charge is 2.18. The standard InChI is InChI=1S/C11H18N2O2S/c1-6(2)10(16)11(14)12-5-9-7(3)13-15-8(9)4/h6,10,16H,5H2,1-4H3,(H,12,14). The molecule has 0 saturated heterocycles. The minimum Gasteiger partial charge on any atom is -0.361 e. The van der Waals surface area contributed by atoms with Crippen molar-refractivity contribution in [1.29, 1.82) is 0 Å². The molecule has 0 aliphatic carbocycles. The van der Waals surface area contributed by atoms with Gasteiger partial charge >= 0.3 is 0 Å². The van der Waals surface area contributed by atoms with E-state index in [1.165, 1.54) is 0 Å². The Morgan fingerprint density at radius 2 is 2.12 bits per heavy atom. The third-order valence-electron chi connectivity index (χ3n) is 2.52. The van der Waals surface area contributed by atoms with Crippen LogP contribution in [0.5, 0.6) is 0 Å². The van der Waals surface area contributed by atoms with Crippen molar-refractivity contribution >= 4 is 18.5 Å². The molecule has 1 unspecified atom stereocenters. The first-order valence-corrected chi connectivity index (χ1v) is 5.82. The molecule has 4 nitrogen and oxygen atoms in total. The van der Waals surface area contributed by atoms with Crippen LogP contribution in [-0.4, -0.2) is 16.3 Å². The summed E-state index contributed by atoms with van der Waals surface area (Å²) in [6, 6.07) is 0. The smallest absolute Gasteiger partial charge is 0.233 e. The van der Waals surface area contributed by atoms with Gasteiger partial charge in [0.1, 0.15) is 5.76 Å². The number of amides is 1. The van der Waals surface area contributed by atoms with E-state index < -0.39 is 0 Å². The van der Waals surface area contributed by atoms with Crippen LogP contribution < -0.4 is 5.32 Å². The van der Waals surface area contributed by atoms with Crippen LogP contribution in [0.1, 0.15) is 30.9 Å². The van der Waals surface area contributed by atoms with Crippen molar-refractivity contribution in [2.24, 2.45) is 5.92 Å². The molecule has 0 aromatic carbocycles. The van der Waals surface area contributed by atoms with Gasteiger partial charge in [-0.2, -0.15) is 12.6 Å². The maximum Gasteiger partial charge on any atom is 0.233 e. The summed E-state index contributed by atoms with van der Waals surface area (Å²) in [5.41, 5.74) is 1.76. The van der Waals surface area contributed by atoms with Gasteiger partial charge in [0.2, 0.25) is 5.91 Å². The Hall–Kier alpha value is -0.970. The molecule has 0 aliphatic heterocycles. The van der Waals surface area contributed by atoms with Gasteiger partial charge in [0.05, 0.1) is 10.9 Å². The summed E-state index contributed by atoms with van der Waals surface area (Å²) >= 11 is 4.25. The van der Waals surface area contributed by atoms with E-state index in [1.54, 1.807) is 0 Å². The Morgan fingerprint density at radius 3 is 2.56 bits per heavy atom. The fourth-order valence-corrected chi connectivity index (χ4v) is 1.43. The minimum absolute atomic E-state index is 0.0571. The largest absolute Gasteiger partial charge is 0.361 e. The van der Waals surface area contributed by atoms with Gasteiger partial charge in [0, 0.05) is 12.1 Å². The normalized spacial score (nSPS) is 12.9. The first kappa shape index (κ1) is 13.1. The highest BCUT2D eigenvalue weighted by Crippen LogP contribution is 2.13. The lowest BCUT2D eigenvalue weighted by Crippen LogP contribution is -2.34. The van der Waals surface area contributed by atoms with Gasteiger partial charge in [-0.15, -0.1) is 0 Å². The second-order valence-electron chi connectivity index (χ2n) is 4.21. The third-order valence-corrected chi connectivity index (χ3v) is 3.35. The molecule has 0 bridgehead atoms. The Labute approximate surface area is 101 Å². The van der Waals surface area contributed by atoms with Gasteiger partial charge in [-0.05, 0) is 19.8 Å². The number of hydrogen-bond donors (Lipinski definition) is 2. The quantitative estimate of drug-likeness (QED) is 0.792. The van der Waals surface area contributed by atoms with Gasteiger partial charge < -0.3 is 9.84 Å². The van der Waals surface area contributed by atoms with E-state index in [1.807, 2.05) is 27.7 Å². The van der Waals surface area contributed by atoms with Gasteiger partial charge in [-0.3, -0.25) is 4.79 Å². The fourth-order valence-electron chi connectivity index (χ4n) is 1.34. The summed E-state index contributed by atoms with van der Waals surface area (Å²) < 4.78 is 5.02. The van der Waals surface area contributed by atoms with Crippen molar-refractivity contribution in [3.63, 3.8) is 0 Å². The molecule has 1 aromatic heterocycles. The van der Waals surface area contributed by atoms with E-state index >= 15 is 0 Å². The molecule has 1 amide bonds. The van der Waals surface area contributed by atoms with Crippen LogP contribution in [0, 0.1) is 19.8 Å². The topological polar surface area (TPSA) is 55.1 Å². The number of carbonyl (C=O) groups excluding carboxylic acids is 1. The van der Waals surface area contributed by atoms with E-state index in [-0.39, 0.29) is 17.1 Å². The predicted octanol–water partition coefficient (Wildman–Crippen LogP) is 1.86. The number of nitrogens with zero attached hydrogens (tertiary/aromatic N) is 1. The fraction of sp³-hybridized carbons (Fsp3) is 0.636. The number of aryl methyl sites for hydroxylation is 2. The molecular weight excluding hydrogens is 224 g/mol. The summed E-state index contributed by atoms with van der Waals surface area (Å²) in [7, 11) is 0. The average Bonchev–Trinajstić information content (AvgIpc) is 2.54. The van der Waals surface area contributed by atoms with Gasteiger partial charge in [-0.1, -0.05) is 19.0 Å². The van der Waals surface area contributed by atoms with E-state index in [0.29, 0.717) is 6.54 Å². The molecule has 0 saturated carbocycles. The molecule has 0 spiro atoms. The zero-order chi connectivity index (χ0) is 12.3. The maximum atomic E-state index is 11.7. The lowest BCUT2D eigenvalue weighted by Gasteiger charge is -2.14. The molecule has 0 radical (unpaired) electrons. The maximum absolute atomic E-state index is 11.7. The first-order chi connectivity index (χ1) is 7.43. The average molecular weight is 242 g/mol. The number of thiol groups is 1. The van der Waals surface area contributed by atoms with Crippen molar-refractivity contribution in [3.05, 3.63) is 17.0 Å². The van der Waals surface area contributed by atoms with E-state index in [9.17, 15) is 4.79 Å². The summed E-state index contributed by atoms with van der Waals surface area (Å²) in [4.78, 5) is 11.7. The highest BCUT2D eigenvalue weighted by atomic mass is 32.1. The number of hydrogen-bond acceptors (Lipinski definition) is 4. The summed E-state index contributed by atoms with van der Waals surface area (Å²) in [6.07, 6.45) is 0. The van der Waals surface area contributed by atoms with E-state index in [4.69, 9.17) is 4.52 Å². The number of aromatic nitrogens is 1. The Morgan fingerprint density at radius 1 is 1.50 bits per heavy atom. The third kappa shape index (κ3) is 3.01. The van der Waals surface area contributed by atoms with Crippen LogP contribution in [0.3, 0.4) is 0 Å². The second-order valence-corrected chi connectivity index (χ2v) is 4.77.